The number of aliphatic hydroxyl groups is 4. The summed E-state index contributed by atoms with van der Waals surface area (Å²) in [4.78, 5) is 43.1. The van der Waals surface area contributed by atoms with Crippen molar-refractivity contribution in [2.24, 2.45) is 0 Å². The van der Waals surface area contributed by atoms with Gasteiger partial charge in [0.25, 0.3) is 0 Å². The zero-order chi connectivity index (χ0) is 19.6. The molecule has 4 atom stereocenters. The zero-order valence-corrected chi connectivity index (χ0v) is 13.0. The average molecular weight is 368 g/mol. The molecule has 0 amide bonds. The number of unbranched alkanes of at least 4 members (excludes halogenated alkanes) is 2. The molecule has 0 aromatic rings. The van der Waals surface area contributed by atoms with E-state index in [1.165, 1.54) is 0 Å². The summed E-state index contributed by atoms with van der Waals surface area (Å²) in [6.07, 6.45) is -8.10. The summed E-state index contributed by atoms with van der Waals surface area (Å²) in [5.41, 5.74) is 0. The highest BCUT2D eigenvalue weighted by molar-refractivity contribution is 5.84. The molecule has 0 aliphatic rings. The molecule has 12 heteroatoms. The minimum atomic E-state index is -2.29. The molecule has 0 radical (unpaired) electrons. The number of rotatable bonds is 12. The van der Waals surface area contributed by atoms with Crippen LogP contribution >= 0.6 is 0 Å². The molecule has 0 saturated carbocycles. The summed E-state index contributed by atoms with van der Waals surface area (Å²) >= 11 is 0. The smallest absolute Gasteiger partial charge is 0.338 e. The largest absolute Gasteiger partial charge is 0.479 e. The Balaban J connectivity index is 3.84. The van der Waals surface area contributed by atoms with Gasteiger partial charge in [-0.2, -0.15) is 0 Å². The first-order valence-electron chi connectivity index (χ1n) is 7.10. The topological polar surface area (TPSA) is 208 Å². The maximum absolute atomic E-state index is 11.2. The van der Waals surface area contributed by atoms with Gasteiger partial charge < -0.3 is 40.1 Å². The van der Waals surface area contributed by atoms with Gasteiger partial charge in [-0.1, -0.05) is 0 Å². The van der Waals surface area contributed by atoms with Crippen molar-refractivity contribution < 1.29 is 59.3 Å². The highest BCUT2D eigenvalue weighted by atomic mass is 16.6. The first-order valence-corrected chi connectivity index (χ1v) is 7.10. The van der Waals surface area contributed by atoms with Gasteiger partial charge in [-0.15, -0.1) is 0 Å². The molecule has 0 aliphatic heterocycles. The number of aliphatic hydroxyl groups excluding tert-OH is 4. The molecule has 0 saturated heterocycles. The lowest BCUT2D eigenvalue weighted by Crippen LogP contribution is -2.40. The van der Waals surface area contributed by atoms with Crippen LogP contribution in [0.5, 0.6) is 0 Å². The summed E-state index contributed by atoms with van der Waals surface area (Å²) in [5, 5.41) is 52.9. The van der Waals surface area contributed by atoms with Crippen molar-refractivity contribution in [3.05, 3.63) is 0 Å². The van der Waals surface area contributed by atoms with Crippen molar-refractivity contribution in [1.82, 2.24) is 0 Å². The summed E-state index contributed by atoms with van der Waals surface area (Å²) < 4.78 is 9.08. The third-order valence-corrected chi connectivity index (χ3v) is 2.86. The molecule has 0 fully saturated rings. The Kier molecular flexibility index (Phi) is 10.3. The van der Waals surface area contributed by atoms with Crippen LogP contribution in [0.1, 0.15) is 19.3 Å². The lowest BCUT2D eigenvalue weighted by Gasteiger charge is -2.14. The van der Waals surface area contributed by atoms with Crippen molar-refractivity contribution in [1.29, 1.82) is 0 Å². The minimum absolute atomic E-state index is 0.184. The van der Waals surface area contributed by atoms with Gasteiger partial charge in [-0.3, -0.25) is 0 Å². The van der Waals surface area contributed by atoms with E-state index in [1.807, 2.05) is 0 Å². The fourth-order valence-electron chi connectivity index (χ4n) is 1.43. The van der Waals surface area contributed by atoms with Crippen LogP contribution in [0.15, 0.2) is 0 Å². The highest BCUT2D eigenvalue weighted by Crippen LogP contribution is 2.03. The van der Waals surface area contributed by atoms with Gasteiger partial charge in [-0.05, 0) is 19.3 Å². The molecule has 0 spiro atoms. The monoisotopic (exact) mass is 368 g/mol. The van der Waals surface area contributed by atoms with E-state index < -0.39 is 48.3 Å². The number of aliphatic carboxylic acids is 2. The van der Waals surface area contributed by atoms with Crippen molar-refractivity contribution in [2.45, 2.75) is 43.7 Å². The Bertz CT molecular complexity index is 434. The Morgan fingerprint density at radius 3 is 1.20 bits per heavy atom. The SMILES string of the molecule is O=C(O)C(O)C(O)C(=O)OCCCCCOC(=O)C(O)C(O)C(=O)O. The Morgan fingerprint density at radius 1 is 0.600 bits per heavy atom. The maximum Gasteiger partial charge on any atom is 0.338 e. The molecule has 0 aromatic carbocycles. The first-order chi connectivity index (χ1) is 11.6. The number of carbonyl (C=O) groups is 4. The molecule has 4 unspecified atom stereocenters. The predicted molar refractivity (Wildman–Crippen MR) is 75.1 cm³/mol. The number of hydrogen-bond donors (Lipinski definition) is 6. The van der Waals surface area contributed by atoms with Crippen LogP contribution in [0, 0.1) is 0 Å². The van der Waals surface area contributed by atoms with Crippen LogP contribution in [0.4, 0.5) is 0 Å². The van der Waals surface area contributed by atoms with E-state index in [0.717, 1.165) is 0 Å². The molecule has 25 heavy (non-hydrogen) atoms. The van der Waals surface area contributed by atoms with Gasteiger partial charge in [0, 0.05) is 0 Å². The number of carboxylic acids is 2. The predicted octanol–water partition coefficient (Wildman–Crippen LogP) is -3.14. The fraction of sp³-hybridized carbons (Fsp3) is 0.692. The minimum Gasteiger partial charge on any atom is -0.479 e. The van der Waals surface area contributed by atoms with Gasteiger partial charge >= 0.3 is 23.9 Å². The van der Waals surface area contributed by atoms with Gasteiger partial charge in [0.2, 0.25) is 0 Å². The standard InChI is InChI=1S/C13H20O12/c14-6(10(18)19)8(16)12(22)24-4-2-1-3-5-25-13(23)9(17)7(15)11(20)21/h6-9,14-17H,1-5H2,(H,18,19)(H,20,21). The van der Waals surface area contributed by atoms with E-state index in [9.17, 15) is 19.2 Å². The number of esters is 2. The quantitative estimate of drug-likeness (QED) is 0.149. The Labute approximate surface area is 141 Å². The van der Waals surface area contributed by atoms with Gasteiger partial charge in [-0.25, -0.2) is 19.2 Å². The van der Waals surface area contributed by atoms with Crippen LogP contribution < -0.4 is 0 Å². The second-order valence-corrected chi connectivity index (χ2v) is 4.85. The summed E-state index contributed by atoms with van der Waals surface area (Å²) in [7, 11) is 0. The van der Waals surface area contributed by atoms with Crippen LogP contribution in [0.3, 0.4) is 0 Å². The van der Waals surface area contributed by atoms with E-state index in [1.54, 1.807) is 0 Å². The van der Waals surface area contributed by atoms with Crippen LogP contribution in [0.25, 0.3) is 0 Å². The van der Waals surface area contributed by atoms with Gasteiger partial charge in [0.05, 0.1) is 13.2 Å². The molecule has 0 rings (SSSR count). The van der Waals surface area contributed by atoms with Crippen molar-refractivity contribution in [2.75, 3.05) is 13.2 Å². The number of ether oxygens (including phenoxy) is 2. The van der Waals surface area contributed by atoms with Crippen molar-refractivity contribution in [3.8, 4) is 0 Å². The maximum atomic E-state index is 11.2. The highest BCUT2D eigenvalue weighted by Gasteiger charge is 2.32. The number of carbonyl (C=O) groups excluding carboxylic acids is 2. The number of hydrogen-bond acceptors (Lipinski definition) is 10. The van der Waals surface area contributed by atoms with Crippen LogP contribution in [-0.4, -0.2) is 92.1 Å². The summed E-state index contributed by atoms with van der Waals surface area (Å²) in [6, 6.07) is 0. The van der Waals surface area contributed by atoms with E-state index in [4.69, 9.17) is 30.6 Å². The lowest BCUT2D eigenvalue weighted by molar-refractivity contribution is -0.170. The molecule has 0 bridgehead atoms. The van der Waals surface area contributed by atoms with E-state index in [-0.39, 0.29) is 26.1 Å². The molecule has 0 aliphatic carbocycles. The second kappa shape index (κ2) is 11.3. The van der Waals surface area contributed by atoms with E-state index in [0.29, 0.717) is 6.42 Å². The van der Waals surface area contributed by atoms with Crippen molar-refractivity contribution in [3.63, 3.8) is 0 Å². The normalized spacial score (nSPS) is 15.5. The molecular weight excluding hydrogens is 348 g/mol. The first kappa shape index (κ1) is 22.7. The van der Waals surface area contributed by atoms with Crippen LogP contribution in [0.2, 0.25) is 0 Å². The fourth-order valence-corrected chi connectivity index (χ4v) is 1.43. The molecule has 12 nitrogen and oxygen atoms in total. The molecule has 0 aromatic heterocycles. The summed E-state index contributed by atoms with van der Waals surface area (Å²) in [6.45, 7) is -0.368. The molecular formula is C13H20O12. The Hall–Kier alpha value is -2.28. The van der Waals surface area contributed by atoms with E-state index in [2.05, 4.69) is 9.47 Å². The van der Waals surface area contributed by atoms with Crippen molar-refractivity contribution >= 4 is 23.9 Å². The van der Waals surface area contributed by atoms with Gasteiger partial charge in [0.1, 0.15) is 0 Å². The van der Waals surface area contributed by atoms with Gasteiger partial charge in [0.15, 0.2) is 24.4 Å². The third-order valence-electron chi connectivity index (χ3n) is 2.86. The lowest BCUT2D eigenvalue weighted by atomic mass is 10.2. The number of carboxylic acid groups (broad SMARTS) is 2. The van der Waals surface area contributed by atoms with E-state index >= 15 is 0 Å². The molecule has 6 N–H and O–H groups in total. The summed E-state index contributed by atoms with van der Waals surface area (Å²) in [5.74, 6) is -6.15. The zero-order valence-electron chi connectivity index (χ0n) is 13.0. The molecule has 0 heterocycles. The van der Waals surface area contributed by atoms with Crippen LogP contribution in [-0.2, 0) is 28.7 Å². The average Bonchev–Trinajstić information content (AvgIpc) is 2.57. The third kappa shape index (κ3) is 8.39. The Morgan fingerprint density at radius 2 is 0.920 bits per heavy atom. The molecule has 144 valence electrons. The second-order valence-electron chi connectivity index (χ2n) is 4.85.